The fourth-order valence-electron chi connectivity index (χ4n) is 5.27. The average molecular weight is 572 g/mol. The van der Waals surface area contributed by atoms with Gasteiger partial charge in [0.25, 0.3) is 0 Å². The third-order valence-corrected chi connectivity index (χ3v) is 8.94. The molecule has 1 atom stereocenters. The molecule has 2 aliphatic rings. The molecule has 4 rings (SSSR count). The summed E-state index contributed by atoms with van der Waals surface area (Å²) in [7, 11) is 0. The SMILES string of the molecule is O=C(NCC(CCN1CCC(N2CCCCC2)CC1)c1ccc(Cl)c(Cl)c1)Nc1cccc(Cl)c1Cl. The van der Waals surface area contributed by atoms with Crippen LogP contribution in [0.4, 0.5) is 10.5 Å². The molecule has 0 aromatic heterocycles. The van der Waals surface area contributed by atoms with Gasteiger partial charge in [-0.2, -0.15) is 0 Å². The molecule has 2 aromatic rings. The number of likely N-dealkylation sites (tertiary alicyclic amines) is 2. The zero-order valence-electron chi connectivity index (χ0n) is 20.4. The highest BCUT2D eigenvalue weighted by Gasteiger charge is 2.26. The van der Waals surface area contributed by atoms with Crippen LogP contribution in [0.15, 0.2) is 36.4 Å². The Morgan fingerprint density at radius 2 is 1.67 bits per heavy atom. The number of amides is 2. The number of hydrogen-bond acceptors (Lipinski definition) is 3. The van der Waals surface area contributed by atoms with Crippen LogP contribution >= 0.6 is 46.4 Å². The first-order valence-electron chi connectivity index (χ1n) is 12.8. The van der Waals surface area contributed by atoms with Crippen LogP contribution in [-0.2, 0) is 0 Å². The lowest BCUT2D eigenvalue weighted by Crippen LogP contribution is -2.47. The van der Waals surface area contributed by atoms with Crippen LogP contribution < -0.4 is 10.6 Å². The largest absolute Gasteiger partial charge is 0.337 e. The number of halogens is 4. The molecule has 0 bridgehead atoms. The number of hydrogen-bond donors (Lipinski definition) is 2. The maximum absolute atomic E-state index is 12.6. The summed E-state index contributed by atoms with van der Waals surface area (Å²) in [6.07, 6.45) is 7.44. The van der Waals surface area contributed by atoms with Crippen molar-refractivity contribution in [1.29, 1.82) is 0 Å². The van der Waals surface area contributed by atoms with Gasteiger partial charge < -0.3 is 20.4 Å². The number of nitrogens with zero attached hydrogens (tertiary/aromatic N) is 2. The second-order valence-electron chi connectivity index (χ2n) is 9.76. The smallest absolute Gasteiger partial charge is 0.319 e. The minimum absolute atomic E-state index is 0.0974. The molecule has 1 unspecified atom stereocenters. The van der Waals surface area contributed by atoms with Gasteiger partial charge in [0.15, 0.2) is 0 Å². The Hall–Kier alpha value is -1.21. The van der Waals surface area contributed by atoms with Crippen molar-refractivity contribution in [3.05, 3.63) is 62.1 Å². The van der Waals surface area contributed by atoms with Gasteiger partial charge in [0.2, 0.25) is 0 Å². The third kappa shape index (κ3) is 7.66. The first-order valence-corrected chi connectivity index (χ1v) is 14.3. The van der Waals surface area contributed by atoms with Crippen LogP contribution in [0.5, 0.6) is 0 Å². The maximum atomic E-state index is 12.6. The van der Waals surface area contributed by atoms with E-state index in [0.29, 0.717) is 32.3 Å². The summed E-state index contributed by atoms with van der Waals surface area (Å²) in [5.74, 6) is 0.0974. The van der Waals surface area contributed by atoms with Gasteiger partial charge in [-0.05, 0) is 94.7 Å². The maximum Gasteiger partial charge on any atom is 0.319 e. The Morgan fingerprint density at radius 1 is 0.917 bits per heavy atom. The number of carbonyl (C=O) groups excluding carboxylic acids is 1. The first kappa shape index (κ1) is 27.8. The van der Waals surface area contributed by atoms with Gasteiger partial charge in [-0.25, -0.2) is 4.79 Å². The van der Waals surface area contributed by atoms with E-state index in [0.717, 1.165) is 37.7 Å². The van der Waals surface area contributed by atoms with E-state index in [1.54, 1.807) is 18.2 Å². The summed E-state index contributed by atoms with van der Waals surface area (Å²) >= 11 is 24.8. The normalized spacial score (nSPS) is 18.7. The van der Waals surface area contributed by atoms with Crippen molar-refractivity contribution in [3.63, 3.8) is 0 Å². The van der Waals surface area contributed by atoms with Crippen LogP contribution in [-0.4, -0.2) is 61.1 Å². The summed E-state index contributed by atoms with van der Waals surface area (Å²) < 4.78 is 0. The number of benzene rings is 2. The summed E-state index contributed by atoms with van der Waals surface area (Å²) in [6.45, 7) is 6.20. The molecule has 2 amide bonds. The Labute approximate surface area is 234 Å². The molecule has 2 aromatic carbocycles. The molecule has 0 radical (unpaired) electrons. The molecule has 0 aliphatic carbocycles. The van der Waals surface area contributed by atoms with Gasteiger partial charge in [0, 0.05) is 18.5 Å². The monoisotopic (exact) mass is 570 g/mol. The molecular formula is C27H34Cl4N4O. The zero-order valence-corrected chi connectivity index (χ0v) is 23.4. The van der Waals surface area contributed by atoms with E-state index in [4.69, 9.17) is 46.4 Å². The molecule has 2 aliphatic heterocycles. The highest BCUT2D eigenvalue weighted by atomic mass is 35.5. The average Bonchev–Trinajstić information content (AvgIpc) is 2.89. The van der Waals surface area contributed by atoms with Gasteiger partial charge >= 0.3 is 6.03 Å². The van der Waals surface area contributed by atoms with E-state index >= 15 is 0 Å². The highest BCUT2D eigenvalue weighted by Crippen LogP contribution is 2.31. The lowest BCUT2D eigenvalue weighted by Gasteiger charge is -2.40. The van der Waals surface area contributed by atoms with Gasteiger partial charge in [-0.15, -0.1) is 0 Å². The van der Waals surface area contributed by atoms with E-state index in [-0.39, 0.29) is 11.9 Å². The van der Waals surface area contributed by atoms with E-state index in [1.807, 2.05) is 18.2 Å². The van der Waals surface area contributed by atoms with Crippen molar-refractivity contribution >= 4 is 58.1 Å². The topological polar surface area (TPSA) is 47.6 Å². The van der Waals surface area contributed by atoms with Gasteiger partial charge in [0.1, 0.15) is 0 Å². The summed E-state index contributed by atoms with van der Waals surface area (Å²) in [6, 6.07) is 11.3. The zero-order chi connectivity index (χ0) is 25.5. The standard InChI is InChI=1S/C27H34Cl4N4O/c28-22-8-7-19(17-24(22)30)20(18-32-27(36)33-25-6-4-5-23(29)26(25)31)9-14-34-15-10-21(11-16-34)35-12-2-1-3-13-35/h4-8,17,20-21H,1-3,9-16,18H2,(H2,32,33,36). The first-order chi connectivity index (χ1) is 17.4. The number of piperidine rings is 2. The predicted molar refractivity (Wildman–Crippen MR) is 152 cm³/mol. The highest BCUT2D eigenvalue weighted by molar-refractivity contribution is 6.44. The molecule has 5 nitrogen and oxygen atoms in total. The Balaban J connectivity index is 1.33. The Morgan fingerprint density at radius 3 is 2.39 bits per heavy atom. The van der Waals surface area contributed by atoms with Crippen LogP contribution in [0.1, 0.15) is 50.0 Å². The van der Waals surface area contributed by atoms with Gasteiger partial charge in [-0.3, -0.25) is 0 Å². The van der Waals surface area contributed by atoms with Crippen molar-refractivity contribution < 1.29 is 4.79 Å². The van der Waals surface area contributed by atoms with Gasteiger partial charge in [-0.1, -0.05) is 65.0 Å². The number of urea groups is 1. The minimum atomic E-state index is -0.327. The fourth-order valence-corrected chi connectivity index (χ4v) is 5.92. The number of carbonyl (C=O) groups is 1. The van der Waals surface area contributed by atoms with E-state index in [1.165, 1.54) is 45.2 Å². The van der Waals surface area contributed by atoms with Crippen molar-refractivity contribution in [2.45, 2.75) is 50.5 Å². The lowest BCUT2D eigenvalue weighted by atomic mass is 9.94. The summed E-state index contributed by atoms with van der Waals surface area (Å²) in [5.41, 5.74) is 1.54. The molecular weight excluding hydrogens is 538 g/mol. The molecule has 2 N–H and O–H groups in total. The van der Waals surface area contributed by atoms with Crippen LogP contribution in [0.2, 0.25) is 20.1 Å². The van der Waals surface area contributed by atoms with E-state index < -0.39 is 0 Å². The molecule has 196 valence electrons. The molecule has 9 heteroatoms. The van der Waals surface area contributed by atoms with Crippen LogP contribution in [0.25, 0.3) is 0 Å². The second-order valence-corrected chi connectivity index (χ2v) is 11.4. The number of rotatable bonds is 8. The quantitative estimate of drug-likeness (QED) is 0.344. The predicted octanol–water partition coefficient (Wildman–Crippen LogP) is 7.55. The molecule has 0 saturated carbocycles. The minimum Gasteiger partial charge on any atom is -0.337 e. The summed E-state index contributed by atoms with van der Waals surface area (Å²) in [4.78, 5) is 17.9. The Bertz CT molecular complexity index is 1020. The second kappa shape index (κ2) is 13.5. The molecule has 2 heterocycles. The molecule has 2 fully saturated rings. The van der Waals surface area contributed by atoms with Crippen molar-refractivity contribution in [3.8, 4) is 0 Å². The molecule has 0 spiro atoms. The molecule has 36 heavy (non-hydrogen) atoms. The lowest BCUT2D eigenvalue weighted by molar-refractivity contribution is 0.0912. The van der Waals surface area contributed by atoms with E-state index in [2.05, 4.69) is 20.4 Å². The van der Waals surface area contributed by atoms with Crippen LogP contribution in [0.3, 0.4) is 0 Å². The summed E-state index contributed by atoms with van der Waals surface area (Å²) in [5, 5.41) is 7.56. The van der Waals surface area contributed by atoms with Crippen LogP contribution in [0, 0.1) is 0 Å². The van der Waals surface area contributed by atoms with Crippen molar-refractivity contribution in [2.75, 3.05) is 44.6 Å². The van der Waals surface area contributed by atoms with Crippen molar-refractivity contribution in [1.82, 2.24) is 15.1 Å². The number of anilines is 1. The van der Waals surface area contributed by atoms with E-state index in [9.17, 15) is 4.79 Å². The van der Waals surface area contributed by atoms with Crippen molar-refractivity contribution in [2.24, 2.45) is 0 Å². The third-order valence-electron chi connectivity index (χ3n) is 7.38. The van der Waals surface area contributed by atoms with Gasteiger partial charge in [0.05, 0.1) is 25.8 Å². The molecule has 2 saturated heterocycles. The Kier molecular flexibility index (Phi) is 10.5. The number of nitrogens with one attached hydrogen (secondary N) is 2. The fraction of sp³-hybridized carbons (Fsp3) is 0.519.